The van der Waals surface area contributed by atoms with Gasteiger partial charge in [0.25, 0.3) is 0 Å². The van der Waals surface area contributed by atoms with E-state index in [0.29, 0.717) is 5.69 Å². The molecule has 82 valence electrons. The lowest BCUT2D eigenvalue weighted by molar-refractivity contribution is -0.431. The van der Waals surface area contributed by atoms with Crippen LogP contribution >= 0.6 is 0 Å². The van der Waals surface area contributed by atoms with Crippen molar-refractivity contribution < 1.29 is 4.92 Å². The molecule has 1 aliphatic rings. The molecule has 2 heterocycles. The third kappa shape index (κ3) is 2.14. The second-order valence-electron chi connectivity index (χ2n) is 3.02. The molecule has 0 fully saturated rings. The highest BCUT2D eigenvalue weighted by atomic mass is 16.6. The Morgan fingerprint density at radius 3 is 3.12 bits per heavy atom. The predicted octanol–water partition coefficient (Wildman–Crippen LogP) is 0.553. The number of aromatic nitrogens is 1. The number of hydrogen-bond donors (Lipinski definition) is 1. The van der Waals surface area contributed by atoms with Gasteiger partial charge in [0.05, 0.1) is 18.2 Å². The number of aliphatic imine (C=N–C) groups is 1. The maximum absolute atomic E-state index is 10.7. The molecule has 0 aliphatic carbocycles. The summed E-state index contributed by atoms with van der Waals surface area (Å²) < 4.78 is 0. The SMILES string of the molecule is O=[N+]([O-])C1=CN(c2cccnc2)C=NCN1. The van der Waals surface area contributed by atoms with Crippen molar-refractivity contribution in [3.05, 3.63) is 46.7 Å². The van der Waals surface area contributed by atoms with Gasteiger partial charge in [-0.05, 0) is 17.1 Å². The normalized spacial score (nSPS) is 15.0. The number of pyridine rings is 1. The summed E-state index contributed by atoms with van der Waals surface area (Å²) in [6.45, 7) is 0.184. The van der Waals surface area contributed by atoms with Crippen molar-refractivity contribution in [1.29, 1.82) is 0 Å². The number of rotatable bonds is 2. The average molecular weight is 219 g/mol. The summed E-state index contributed by atoms with van der Waals surface area (Å²) in [5, 5.41) is 13.2. The van der Waals surface area contributed by atoms with Crippen molar-refractivity contribution in [1.82, 2.24) is 10.3 Å². The second-order valence-corrected chi connectivity index (χ2v) is 3.02. The van der Waals surface area contributed by atoms with Crippen molar-refractivity contribution in [2.24, 2.45) is 4.99 Å². The molecule has 7 nitrogen and oxygen atoms in total. The van der Waals surface area contributed by atoms with E-state index >= 15 is 0 Å². The summed E-state index contributed by atoms with van der Waals surface area (Å²) in [4.78, 5) is 19.6. The van der Waals surface area contributed by atoms with Gasteiger partial charge in [-0.25, -0.2) is 10.3 Å². The molecule has 1 N–H and O–H groups in total. The minimum atomic E-state index is -0.488. The van der Waals surface area contributed by atoms with Gasteiger partial charge in [0.1, 0.15) is 6.20 Å². The summed E-state index contributed by atoms with van der Waals surface area (Å²) in [7, 11) is 0. The Morgan fingerprint density at radius 2 is 2.44 bits per heavy atom. The van der Waals surface area contributed by atoms with Crippen molar-refractivity contribution >= 4 is 12.0 Å². The Morgan fingerprint density at radius 1 is 1.56 bits per heavy atom. The van der Waals surface area contributed by atoms with Crippen molar-refractivity contribution in [2.75, 3.05) is 11.6 Å². The van der Waals surface area contributed by atoms with Crippen LogP contribution in [0.2, 0.25) is 0 Å². The van der Waals surface area contributed by atoms with Gasteiger partial charge in [0, 0.05) is 6.20 Å². The Hall–Kier alpha value is -2.44. The van der Waals surface area contributed by atoms with Gasteiger partial charge in [0.15, 0.2) is 6.67 Å². The fourth-order valence-electron chi connectivity index (χ4n) is 1.23. The Labute approximate surface area is 91.3 Å². The van der Waals surface area contributed by atoms with Crippen LogP contribution in [0.25, 0.3) is 0 Å². The molecule has 1 aromatic rings. The van der Waals surface area contributed by atoms with Crippen LogP contribution in [-0.2, 0) is 0 Å². The highest BCUT2D eigenvalue weighted by Crippen LogP contribution is 2.12. The van der Waals surface area contributed by atoms with Gasteiger partial charge < -0.3 is 10.1 Å². The van der Waals surface area contributed by atoms with E-state index < -0.39 is 4.92 Å². The molecule has 0 radical (unpaired) electrons. The largest absolute Gasteiger partial charge is 0.358 e. The van der Waals surface area contributed by atoms with Crippen molar-refractivity contribution in [3.63, 3.8) is 0 Å². The predicted molar refractivity (Wildman–Crippen MR) is 58.3 cm³/mol. The summed E-state index contributed by atoms with van der Waals surface area (Å²) in [5.74, 6) is -0.0960. The molecule has 16 heavy (non-hydrogen) atoms. The van der Waals surface area contributed by atoms with Gasteiger partial charge in [-0.3, -0.25) is 9.88 Å². The average Bonchev–Trinajstić information content (AvgIpc) is 2.56. The first-order valence-electron chi connectivity index (χ1n) is 4.56. The van der Waals surface area contributed by atoms with Crippen LogP contribution in [0.4, 0.5) is 5.69 Å². The summed E-state index contributed by atoms with van der Waals surface area (Å²) >= 11 is 0. The summed E-state index contributed by atoms with van der Waals surface area (Å²) in [5.41, 5.74) is 0.717. The monoisotopic (exact) mass is 219 g/mol. The van der Waals surface area contributed by atoms with Crippen LogP contribution in [-0.4, -0.2) is 22.9 Å². The minimum absolute atomic E-state index is 0.0960. The number of nitrogens with one attached hydrogen (secondary N) is 1. The van der Waals surface area contributed by atoms with E-state index in [4.69, 9.17) is 0 Å². The van der Waals surface area contributed by atoms with Crippen molar-refractivity contribution in [2.45, 2.75) is 0 Å². The molecule has 0 spiro atoms. The highest BCUT2D eigenvalue weighted by molar-refractivity contribution is 5.81. The maximum Gasteiger partial charge on any atom is 0.334 e. The molecule has 0 unspecified atom stereocenters. The quantitative estimate of drug-likeness (QED) is 0.580. The second kappa shape index (κ2) is 4.39. The maximum atomic E-state index is 10.7. The molecule has 0 saturated carbocycles. The Balaban J connectivity index is 2.32. The van der Waals surface area contributed by atoms with Gasteiger partial charge >= 0.3 is 5.82 Å². The molecule has 1 aliphatic heterocycles. The summed E-state index contributed by atoms with van der Waals surface area (Å²) in [6.07, 6.45) is 6.12. The lowest BCUT2D eigenvalue weighted by Gasteiger charge is -2.11. The number of anilines is 1. The molecule has 0 aromatic carbocycles. The van der Waals surface area contributed by atoms with Gasteiger partial charge in [-0.2, -0.15) is 0 Å². The van der Waals surface area contributed by atoms with E-state index in [9.17, 15) is 10.1 Å². The van der Waals surface area contributed by atoms with E-state index in [2.05, 4.69) is 15.3 Å². The van der Waals surface area contributed by atoms with Crippen LogP contribution in [0, 0.1) is 10.1 Å². The molecular weight excluding hydrogens is 210 g/mol. The molecule has 1 aromatic heterocycles. The molecule has 0 bridgehead atoms. The van der Waals surface area contributed by atoms with Gasteiger partial charge in [-0.1, -0.05) is 0 Å². The smallest absolute Gasteiger partial charge is 0.334 e. The van der Waals surface area contributed by atoms with E-state index in [-0.39, 0.29) is 12.5 Å². The zero-order chi connectivity index (χ0) is 11.4. The van der Waals surface area contributed by atoms with E-state index in [1.54, 1.807) is 29.4 Å². The van der Waals surface area contributed by atoms with Crippen LogP contribution < -0.4 is 10.2 Å². The fourth-order valence-corrected chi connectivity index (χ4v) is 1.23. The van der Waals surface area contributed by atoms with Crippen LogP contribution in [0.3, 0.4) is 0 Å². The highest BCUT2D eigenvalue weighted by Gasteiger charge is 2.13. The lowest BCUT2D eigenvalue weighted by Crippen LogP contribution is -2.20. The Kier molecular flexibility index (Phi) is 2.77. The number of hydrogen-bond acceptors (Lipinski definition) is 6. The first kappa shape index (κ1) is 10.1. The van der Waals surface area contributed by atoms with Crippen LogP contribution in [0.5, 0.6) is 0 Å². The zero-order valence-corrected chi connectivity index (χ0v) is 8.28. The summed E-state index contributed by atoms with van der Waals surface area (Å²) in [6, 6.07) is 3.54. The van der Waals surface area contributed by atoms with E-state index in [0.717, 1.165) is 0 Å². The fraction of sp³-hybridized carbons (Fsp3) is 0.111. The lowest BCUT2D eigenvalue weighted by atomic mass is 10.4. The van der Waals surface area contributed by atoms with Crippen LogP contribution in [0.1, 0.15) is 0 Å². The van der Waals surface area contributed by atoms with E-state index in [1.165, 1.54) is 12.5 Å². The molecular formula is C9H9N5O2. The van der Waals surface area contributed by atoms with Crippen molar-refractivity contribution in [3.8, 4) is 0 Å². The minimum Gasteiger partial charge on any atom is -0.358 e. The molecule has 2 rings (SSSR count). The topological polar surface area (TPSA) is 83.7 Å². The molecule has 7 heteroatoms. The first-order chi connectivity index (χ1) is 7.77. The van der Waals surface area contributed by atoms with Gasteiger partial charge in [0.2, 0.25) is 0 Å². The number of nitrogens with zero attached hydrogens (tertiary/aromatic N) is 4. The molecule has 0 atom stereocenters. The number of nitro groups is 1. The molecule has 0 amide bonds. The third-order valence-corrected chi connectivity index (χ3v) is 1.96. The molecule has 0 saturated heterocycles. The Bertz CT molecular complexity index is 442. The zero-order valence-electron chi connectivity index (χ0n) is 8.28. The standard InChI is InChI=1S/C9H9N5O2/c15-14(16)9-5-13(7-11-6-12-9)8-2-1-3-10-4-8/h1-5,7,12H,6H2. The first-order valence-corrected chi connectivity index (χ1v) is 4.56. The van der Waals surface area contributed by atoms with E-state index in [1.807, 2.05) is 0 Å². The van der Waals surface area contributed by atoms with Gasteiger partial charge in [-0.15, -0.1) is 0 Å². The van der Waals surface area contributed by atoms with Crippen LogP contribution in [0.15, 0.2) is 41.5 Å². The third-order valence-electron chi connectivity index (χ3n) is 1.96.